The molecule has 0 saturated carbocycles. The fourth-order valence-corrected chi connectivity index (χ4v) is 2.38. The van der Waals surface area contributed by atoms with Crippen molar-refractivity contribution in [3.63, 3.8) is 0 Å². The van der Waals surface area contributed by atoms with E-state index < -0.39 is 0 Å². The minimum atomic E-state index is 0.926. The van der Waals surface area contributed by atoms with Gasteiger partial charge in [-0.15, -0.1) is 0 Å². The van der Waals surface area contributed by atoms with Crippen LogP contribution in [0.3, 0.4) is 0 Å². The molecule has 0 amide bonds. The molecule has 3 heterocycles. The Balaban J connectivity index is 2.06. The van der Waals surface area contributed by atoms with Gasteiger partial charge in [0.05, 0.1) is 5.69 Å². The van der Waals surface area contributed by atoms with E-state index in [-0.39, 0.29) is 0 Å². The Bertz CT molecular complexity index is 557. The van der Waals surface area contributed by atoms with Crippen LogP contribution in [0.15, 0.2) is 18.5 Å². The summed E-state index contributed by atoms with van der Waals surface area (Å²) in [5, 5.41) is 7.75. The smallest absolute Gasteiger partial charge is 0.0672 e. The average molecular weight is 228 g/mol. The summed E-state index contributed by atoms with van der Waals surface area (Å²) in [5.74, 6) is 0. The van der Waals surface area contributed by atoms with Crippen LogP contribution in [-0.4, -0.2) is 21.3 Å². The highest BCUT2D eigenvalue weighted by molar-refractivity contribution is 5.65. The monoisotopic (exact) mass is 228 g/mol. The maximum absolute atomic E-state index is 4.57. The van der Waals surface area contributed by atoms with Gasteiger partial charge < -0.3 is 5.32 Å². The number of fused-ring (bicyclic) bond motifs is 1. The minimum Gasteiger partial charge on any atom is -0.312 e. The molecule has 0 bridgehead atoms. The van der Waals surface area contributed by atoms with Gasteiger partial charge in [0.1, 0.15) is 0 Å². The molecule has 3 rings (SSSR count). The zero-order chi connectivity index (χ0) is 11.8. The Kier molecular flexibility index (Phi) is 2.44. The molecule has 0 unspecified atom stereocenters. The van der Waals surface area contributed by atoms with Gasteiger partial charge in [-0.25, -0.2) is 0 Å². The van der Waals surface area contributed by atoms with Crippen LogP contribution in [0, 0.1) is 6.92 Å². The van der Waals surface area contributed by atoms with E-state index in [0.29, 0.717) is 0 Å². The second-order valence-electron chi connectivity index (χ2n) is 4.56. The van der Waals surface area contributed by atoms with Crippen molar-refractivity contribution < 1.29 is 0 Å². The third kappa shape index (κ3) is 1.85. The molecule has 4 nitrogen and oxygen atoms in total. The Morgan fingerprint density at radius 2 is 2.29 bits per heavy atom. The normalized spacial score (nSPS) is 14.7. The maximum atomic E-state index is 4.57. The van der Waals surface area contributed by atoms with E-state index in [2.05, 4.69) is 27.7 Å². The molecular formula is C13H16N4. The molecule has 1 aliphatic heterocycles. The van der Waals surface area contributed by atoms with Crippen molar-refractivity contribution in [3.8, 4) is 11.1 Å². The molecule has 2 aromatic heterocycles. The Morgan fingerprint density at radius 3 is 3.06 bits per heavy atom. The summed E-state index contributed by atoms with van der Waals surface area (Å²) in [4.78, 5) is 4.57. The Morgan fingerprint density at radius 1 is 1.41 bits per heavy atom. The second-order valence-corrected chi connectivity index (χ2v) is 4.56. The van der Waals surface area contributed by atoms with E-state index in [1.54, 1.807) is 0 Å². The van der Waals surface area contributed by atoms with Crippen LogP contribution in [0.5, 0.6) is 0 Å². The van der Waals surface area contributed by atoms with Crippen molar-refractivity contribution in [1.29, 1.82) is 0 Å². The average Bonchev–Trinajstić information content (AvgIpc) is 2.68. The van der Waals surface area contributed by atoms with Crippen LogP contribution in [0.1, 0.15) is 17.0 Å². The largest absolute Gasteiger partial charge is 0.312 e. The Hall–Kier alpha value is -1.68. The molecule has 2 aromatic rings. The van der Waals surface area contributed by atoms with Gasteiger partial charge in [0, 0.05) is 55.8 Å². The molecule has 0 atom stereocenters. The lowest BCUT2D eigenvalue weighted by Crippen LogP contribution is -2.24. The number of aromatic nitrogens is 3. The van der Waals surface area contributed by atoms with Crippen molar-refractivity contribution in [2.45, 2.75) is 19.9 Å². The topological polar surface area (TPSA) is 42.7 Å². The molecular weight excluding hydrogens is 212 g/mol. The highest BCUT2D eigenvalue weighted by atomic mass is 15.2. The summed E-state index contributed by atoms with van der Waals surface area (Å²) >= 11 is 0. The molecule has 0 saturated heterocycles. The van der Waals surface area contributed by atoms with Crippen LogP contribution >= 0.6 is 0 Å². The number of aryl methyl sites for hydroxylation is 2. The SMILES string of the molecule is Cc1nn(C)cc1-c1cnc2c(c1)CNCC2. The molecule has 0 fully saturated rings. The van der Waals surface area contributed by atoms with Crippen LogP contribution in [0.2, 0.25) is 0 Å². The lowest BCUT2D eigenvalue weighted by atomic mass is 10.0. The van der Waals surface area contributed by atoms with Crippen LogP contribution < -0.4 is 5.32 Å². The predicted molar refractivity (Wildman–Crippen MR) is 66.6 cm³/mol. The first-order chi connectivity index (χ1) is 8.24. The Labute approximate surface area is 101 Å². The lowest BCUT2D eigenvalue weighted by molar-refractivity contribution is 0.630. The molecule has 88 valence electrons. The number of nitrogens with zero attached hydrogens (tertiary/aromatic N) is 3. The fraction of sp³-hybridized carbons (Fsp3) is 0.385. The number of pyridine rings is 1. The van der Waals surface area contributed by atoms with Crippen LogP contribution in [0.4, 0.5) is 0 Å². The van der Waals surface area contributed by atoms with Gasteiger partial charge in [-0.2, -0.15) is 5.10 Å². The predicted octanol–water partition coefficient (Wildman–Crippen LogP) is 1.44. The number of hydrogen-bond donors (Lipinski definition) is 1. The standard InChI is InChI=1S/C13H16N4/c1-9-12(8-17(2)16-9)10-5-11-6-14-4-3-13(11)15-7-10/h5,7-8,14H,3-4,6H2,1-2H3. The van der Waals surface area contributed by atoms with Gasteiger partial charge in [-0.1, -0.05) is 0 Å². The second kappa shape index (κ2) is 3.96. The molecule has 0 aliphatic carbocycles. The molecule has 4 heteroatoms. The molecule has 0 radical (unpaired) electrons. The van der Waals surface area contributed by atoms with E-state index >= 15 is 0 Å². The van der Waals surface area contributed by atoms with Crippen molar-refractivity contribution in [2.75, 3.05) is 6.54 Å². The van der Waals surface area contributed by atoms with E-state index in [4.69, 9.17) is 0 Å². The molecule has 1 aliphatic rings. The molecule has 0 spiro atoms. The van der Waals surface area contributed by atoms with E-state index in [1.807, 2.05) is 24.9 Å². The van der Waals surface area contributed by atoms with Gasteiger partial charge >= 0.3 is 0 Å². The number of nitrogens with one attached hydrogen (secondary N) is 1. The quantitative estimate of drug-likeness (QED) is 0.803. The van der Waals surface area contributed by atoms with Crippen LogP contribution in [0.25, 0.3) is 11.1 Å². The van der Waals surface area contributed by atoms with Gasteiger partial charge in [0.25, 0.3) is 0 Å². The molecule has 0 aromatic carbocycles. The van der Waals surface area contributed by atoms with Gasteiger partial charge in [0.2, 0.25) is 0 Å². The van der Waals surface area contributed by atoms with Crippen LogP contribution in [-0.2, 0) is 20.0 Å². The van der Waals surface area contributed by atoms with Crippen molar-refractivity contribution >= 4 is 0 Å². The van der Waals surface area contributed by atoms with E-state index in [9.17, 15) is 0 Å². The first-order valence-electron chi connectivity index (χ1n) is 5.93. The molecule has 17 heavy (non-hydrogen) atoms. The van der Waals surface area contributed by atoms with Crippen molar-refractivity contribution in [2.24, 2.45) is 7.05 Å². The fourth-order valence-electron chi connectivity index (χ4n) is 2.38. The summed E-state index contributed by atoms with van der Waals surface area (Å²) in [6.45, 7) is 3.99. The summed E-state index contributed by atoms with van der Waals surface area (Å²) in [7, 11) is 1.95. The van der Waals surface area contributed by atoms with Gasteiger partial charge in [0.15, 0.2) is 0 Å². The lowest BCUT2D eigenvalue weighted by Gasteiger charge is -2.16. The number of rotatable bonds is 1. The van der Waals surface area contributed by atoms with Gasteiger partial charge in [-0.3, -0.25) is 9.67 Å². The summed E-state index contributed by atoms with van der Waals surface area (Å²) in [5.41, 5.74) is 5.94. The van der Waals surface area contributed by atoms with Crippen molar-refractivity contribution in [1.82, 2.24) is 20.1 Å². The third-order valence-electron chi connectivity index (χ3n) is 3.24. The first kappa shape index (κ1) is 10.5. The highest BCUT2D eigenvalue weighted by Crippen LogP contribution is 2.24. The summed E-state index contributed by atoms with van der Waals surface area (Å²) < 4.78 is 1.85. The summed E-state index contributed by atoms with van der Waals surface area (Å²) in [6.07, 6.45) is 5.05. The summed E-state index contributed by atoms with van der Waals surface area (Å²) in [6, 6.07) is 2.23. The zero-order valence-corrected chi connectivity index (χ0v) is 10.2. The van der Waals surface area contributed by atoms with Crippen molar-refractivity contribution in [3.05, 3.63) is 35.4 Å². The third-order valence-corrected chi connectivity index (χ3v) is 3.24. The highest BCUT2D eigenvalue weighted by Gasteiger charge is 2.13. The van der Waals surface area contributed by atoms with E-state index in [1.165, 1.54) is 16.8 Å². The number of hydrogen-bond acceptors (Lipinski definition) is 3. The zero-order valence-electron chi connectivity index (χ0n) is 10.2. The molecule has 1 N–H and O–H groups in total. The minimum absolute atomic E-state index is 0.926. The first-order valence-corrected chi connectivity index (χ1v) is 5.93. The van der Waals surface area contributed by atoms with E-state index in [0.717, 1.165) is 30.8 Å². The maximum Gasteiger partial charge on any atom is 0.0672 e. The van der Waals surface area contributed by atoms with Gasteiger partial charge in [-0.05, 0) is 18.6 Å².